The number of nitrogens with one attached hydrogen (secondary N) is 1. The van der Waals surface area contributed by atoms with Crippen LogP contribution in [-0.2, 0) is 22.5 Å². The van der Waals surface area contributed by atoms with Crippen LogP contribution in [0.25, 0.3) is 0 Å². The Kier molecular flexibility index (Phi) is 7.94. The molecule has 0 unspecified atom stereocenters. The molecule has 1 aliphatic rings. The van der Waals surface area contributed by atoms with E-state index >= 15 is 0 Å². The average molecular weight is 418 g/mol. The molecular formula is C21H31N5O2S. The fourth-order valence-corrected chi connectivity index (χ4v) is 4.02. The minimum atomic E-state index is -0.0368. The molecule has 2 aromatic rings. The topological polar surface area (TPSA) is 72.3 Å². The number of thioether (sulfide) groups is 1. The first kappa shape index (κ1) is 21.6. The van der Waals surface area contributed by atoms with Crippen molar-refractivity contribution >= 4 is 29.3 Å². The van der Waals surface area contributed by atoms with Crippen molar-refractivity contribution in [2.75, 3.05) is 42.3 Å². The zero-order valence-corrected chi connectivity index (χ0v) is 18.4. The fourth-order valence-electron chi connectivity index (χ4n) is 3.28. The first-order chi connectivity index (χ1) is 14.1. The van der Waals surface area contributed by atoms with Gasteiger partial charge in [0.1, 0.15) is 0 Å². The molecule has 0 radical (unpaired) electrons. The molecule has 0 spiro atoms. The number of anilines is 2. The number of aryl methyl sites for hydroxylation is 1. The number of rotatable bonds is 9. The smallest absolute Gasteiger partial charge is 0.234 e. The molecular weight excluding hydrogens is 386 g/mol. The lowest BCUT2D eigenvalue weighted by Crippen LogP contribution is -2.38. The summed E-state index contributed by atoms with van der Waals surface area (Å²) < 4.78 is 7.58. The lowest BCUT2D eigenvalue weighted by Gasteiger charge is -2.28. The molecule has 1 saturated heterocycles. The normalized spacial score (nSPS) is 14.4. The minimum absolute atomic E-state index is 0.0368. The van der Waals surface area contributed by atoms with Crippen LogP contribution in [0, 0.1) is 5.92 Å². The van der Waals surface area contributed by atoms with E-state index in [9.17, 15) is 4.79 Å². The Morgan fingerprint density at radius 3 is 2.59 bits per heavy atom. The van der Waals surface area contributed by atoms with E-state index in [1.54, 1.807) is 0 Å². The highest BCUT2D eigenvalue weighted by molar-refractivity contribution is 7.99. The minimum Gasteiger partial charge on any atom is -0.378 e. The second-order valence-electron chi connectivity index (χ2n) is 7.67. The first-order valence-electron chi connectivity index (χ1n) is 10.3. The zero-order valence-electron chi connectivity index (χ0n) is 17.6. The third-order valence-electron chi connectivity index (χ3n) is 4.65. The molecule has 8 heteroatoms. The molecule has 0 atom stereocenters. The highest BCUT2D eigenvalue weighted by atomic mass is 32.2. The van der Waals surface area contributed by atoms with Crippen LogP contribution in [0.5, 0.6) is 0 Å². The van der Waals surface area contributed by atoms with Gasteiger partial charge in [-0.25, -0.2) is 0 Å². The summed E-state index contributed by atoms with van der Waals surface area (Å²) >= 11 is 1.43. The van der Waals surface area contributed by atoms with Gasteiger partial charge in [-0.15, -0.1) is 10.2 Å². The Labute approximate surface area is 177 Å². The first-order valence-corrected chi connectivity index (χ1v) is 11.3. The Morgan fingerprint density at radius 1 is 1.21 bits per heavy atom. The molecule has 1 fully saturated rings. The molecule has 1 aromatic heterocycles. The number of ether oxygens (including phenoxy) is 1. The van der Waals surface area contributed by atoms with Crippen molar-refractivity contribution in [3.05, 3.63) is 29.8 Å². The van der Waals surface area contributed by atoms with Crippen LogP contribution in [0.15, 0.2) is 29.4 Å². The van der Waals surface area contributed by atoms with E-state index in [1.165, 1.54) is 17.3 Å². The molecule has 7 nitrogen and oxygen atoms in total. The highest BCUT2D eigenvalue weighted by Gasteiger charge is 2.21. The van der Waals surface area contributed by atoms with E-state index in [2.05, 4.69) is 57.9 Å². The van der Waals surface area contributed by atoms with Crippen molar-refractivity contribution in [2.45, 2.75) is 45.3 Å². The van der Waals surface area contributed by atoms with Crippen LogP contribution in [0.1, 0.15) is 32.8 Å². The summed E-state index contributed by atoms with van der Waals surface area (Å²) in [6.45, 7) is 10.4. The summed E-state index contributed by atoms with van der Waals surface area (Å²) in [4.78, 5) is 14.6. The lowest BCUT2D eigenvalue weighted by molar-refractivity contribution is -0.113. The van der Waals surface area contributed by atoms with Gasteiger partial charge in [0.25, 0.3) is 0 Å². The van der Waals surface area contributed by atoms with Crippen LogP contribution >= 0.6 is 11.8 Å². The van der Waals surface area contributed by atoms with Crippen molar-refractivity contribution in [1.82, 2.24) is 14.8 Å². The van der Waals surface area contributed by atoms with Gasteiger partial charge in [-0.3, -0.25) is 9.36 Å². The second kappa shape index (κ2) is 10.6. The summed E-state index contributed by atoms with van der Waals surface area (Å²) in [5, 5.41) is 12.5. The van der Waals surface area contributed by atoms with Crippen LogP contribution < -0.4 is 10.2 Å². The number of hydrogen-bond donors (Lipinski definition) is 1. The number of nitrogens with zero attached hydrogens (tertiary/aromatic N) is 4. The number of carbonyl (C=O) groups excluding carboxylic acids is 1. The number of amides is 1. The SMILES string of the molecule is CCCc1ccc(NC(=O)CSc2nnc(N3CCOCC3)n2CC(C)C)cc1. The molecule has 1 N–H and O–H groups in total. The Bertz CT molecular complexity index is 785. The number of aromatic nitrogens is 3. The molecule has 158 valence electrons. The van der Waals surface area contributed by atoms with Crippen molar-refractivity contribution in [2.24, 2.45) is 5.92 Å². The van der Waals surface area contributed by atoms with Gasteiger partial charge in [-0.1, -0.05) is 51.1 Å². The Balaban J connectivity index is 1.61. The molecule has 1 aromatic carbocycles. The van der Waals surface area contributed by atoms with E-state index < -0.39 is 0 Å². The molecule has 0 aliphatic carbocycles. The molecule has 2 heterocycles. The maximum absolute atomic E-state index is 12.4. The van der Waals surface area contributed by atoms with Gasteiger partial charge in [0.2, 0.25) is 11.9 Å². The van der Waals surface area contributed by atoms with E-state index in [4.69, 9.17) is 4.74 Å². The van der Waals surface area contributed by atoms with Gasteiger partial charge in [-0.05, 0) is 30.0 Å². The van der Waals surface area contributed by atoms with E-state index in [-0.39, 0.29) is 5.91 Å². The largest absolute Gasteiger partial charge is 0.378 e. The summed E-state index contributed by atoms with van der Waals surface area (Å²) in [6.07, 6.45) is 2.17. The Hall–Kier alpha value is -2.06. The summed E-state index contributed by atoms with van der Waals surface area (Å²) in [5.74, 6) is 1.60. The van der Waals surface area contributed by atoms with Crippen molar-refractivity contribution < 1.29 is 9.53 Å². The molecule has 3 rings (SSSR count). The zero-order chi connectivity index (χ0) is 20.6. The molecule has 1 aliphatic heterocycles. The second-order valence-corrected chi connectivity index (χ2v) is 8.61. The van der Waals surface area contributed by atoms with E-state index in [0.717, 1.165) is 49.3 Å². The number of benzene rings is 1. The Morgan fingerprint density at radius 2 is 1.93 bits per heavy atom. The van der Waals surface area contributed by atoms with Gasteiger partial charge in [0.15, 0.2) is 5.16 Å². The lowest BCUT2D eigenvalue weighted by atomic mass is 10.1. The number of carbonyl (C=O) groups is 1. The predicted octanol–water partition coefficient (Wildman–Crippen LogP) is 3.45. The van der Waals surface area contributed by atoms with Gasteiger partial charge >= 0.3 is 0 Å². The summed E-state index contributed by atoms with van der Waals surface area (Å²) in [5.41, 5.74) is 2.12. The van der Waals surface area contributed by atoms with E-state index in [1.807, 2.05) is 12.1 Å². The third kappa shape index (κ3) is 6.21. The van der Waals surface area contributed by atoms with Crippen molar-refractivity contribution in [1.29, 1.82) is 0 Å². The molecule has 29 heavy (non-hydrogen) atoms. The third-order valence-corrected chi connectivity index (χ3v) is 5.61. The molecule has 0 bridgehead atoms. The summed E-state index contributed by atoms with van der Waals surface area (Å²) in [7, 11) is 0. The fraction of sp³-hybridized carbons (Fsp3) is 0.571. The maximum atomic E-state index is 12.4. The van der Waals surface area contributed by atoms with Crippen LogP contribution in [0.4, 0.5) is 11.6 Å². The molecule has 0 saturated carbocycles. The quantitative estimate of drug-likeness (QED) is 0.630. The van der Waals surface area contributed by atoms with Crippen LogP contribution in [0.3, 0.4) is 0 Å². The van der Waals surface area contributed by atoms with E-state index in [0.29, 0.717) is 24.9 Å². The van der Waals surface area contributed by atoms with Crippen LogP contribution in [-0.4, -0.2) is 52.7 Å². The van der Waals surface area contributed by atoms with Crippen LogP contribution in [0.2, 0.25) is 0 Å². The van der Waals surface area contributed by atoms with Gasteiger partial charge in [0.05, 0.1) is 19.0 Å². The number of hydrogen-bond acceptors (Lipinski definition) is 6. The van der Waals surface area contributed by atoms with Gasteiger partial charge < -0.3 is 15.0 Å². The standard InChI is InChI=1S/C21H31N5O2S/c1-4-5-17-6-8-18(9-7-17)22-19(27)15-29-21-24-23-20(26(21)14-16(2)3)25-10-12-28-13-11-25/h6-9,16H,4-5,10-15H2,1-3H3,(H,22,27). The van der Waals surface area contributed by atoms with Gasteiger partial charge in [0, 0.05) is 25.3 Å². The van der Waals surface area contributed by atoms with Gasteiger partial charge in [-0.2, -0.15) is 0 Å². The number of morpholine rings is 1. The highest BCUT2D eigenvalue weighted by Crippen LogP contribution is 2.24. The summed E-state index contributed by atoms with van der Waals surface area (Å²) in [6, 6.07) is 8.07. The average Bonchev–Trinajstić information content (AvgIpc) is 3.10. The monoisotopic (exact) mass is 417 g/mol. The van der Waals surface area contributed by atoms with Crippen molar-refractivity contribution in [3.63, 3.8) is 0 Å². The predicted molar refractivity (Wildman–Crippen MR) is 118 cm³/mol. The van der Waals surface area contributed by atoms with Crippen molar-refractivity contribution in [3.8, 4) is 0 Å². The molecule has 1 amide bonds. The maximum Gasteiger partial charge on any atom is 0.234 e.